The highest BCUT2D eigenvalue weighted by Gasteiger charge is 2.26. The van der Waals surface area contributed by atoms with Crippen LogP contribution in [-0.4, -0.2) is 29.3 Å². The molecule has 5 nitrogen and oxygen atoms in total. The maximum absolute atomic E-state index is 12.5. The van der Waals surface area contributed by atoms with Gasteiger partial charge in [0.2, 0.25) is 0 Å². The summed E-state index contributed by atoms with van der Waals surface area (Å²) >= 11 is 6.27. The number of aryl methyl sites for hydroxylation is 1. The van der Waals surface area contributed by atoms with Gasteiger partial charge in [0, 0.05) is 6.54 Å². The van der Waals surface area contributed by atoms with E-state index in [1.54, 1.807) is 11.0 Å². The molecule has 1 fully saturated rings. The zero-order valence-corrected chi connectivity index (χ0v) is 16.6. The quantitative estimate of drug-likeness (QED) is 0.604. The molecule has 0 saturated carbocycles. The van der Waals surface area contributed by atoms with Crippen molar-refractivity contribution in [1.82, 2.24) is 5.32 Å². The molecule has 0 bridgehead atoms. The van der Waals surface area contributed by atoms with E-state index in [-0.39, 0.29) is 18.4 Å². The van der Waals surface area contributed by atoms with E-state index in [4.69, 9.17) is 17.0 Å². The number of hydrogen-bond donors (Lipinski definition) is 1. The minimum atomic E-state index is -0.195. The number of hydrogen-bond acceptors (Lipinski definition) is 5. The summed E-state index contributed by atoms with van der Waals surface area (Å²) in [5.74, 6) is 0.430. The third kappa shape index (κ3) is 4.10. The molecular formula is C21H18N2O3S2. The Hall–Kier alpha value is -2.64. The van der Waals surface area contributed by atoms with Crippen LogP contribution >= 0.6 is 24.0 Å². The van der Waals surface area contributed by atoms with Gasteiger partial charge in [-0.3, -0.25) is 9.59 Å². The number of carbonyl (C=O) groups excluding carboxylic acids is 2. The molecule has 2 aromatic rings. The van der Waals surface area contributed by atoms with Gasteiger partial charge in [-0.2, -0.15) is 0 Å². The van der Waals surface area contributed by atoms with Gasteiger partial charge in [-0.15, -0.1) is 0 Å². The monoisotopic (exact) mass is 410 g/mol. The van der Waals surface area contributed by atoms with Crippen LogP contribution in [0.1, 0.15) is 17.5 Å². The zero-order valence-electron chi connectivity index (χ0n) is 15.0. The average Bonchev–Trinajstić information content (AvgIpc) is 3.01. The Kier molecular flexibility index (Phi) is 5.45. The van der Waals surface area contributed by atoms with Gasteiger partial charge in [0.25, 0.3) is 11.8 Å². The molecule has 2 amide bonds. The predicted molar refractivity (Wildman–Crippen MR) is 115 cm³/mol. The molecule has 0 radical (unpaired) electrons. The zero-order chi connectivity index (χ0) is 19.5. The molecule has 2 aliphatic heterocycles. The number of benzene rings is 2. The Labute approximate surface area is 172 Å². The number of nitrogens with one attached hydrogen (secondary N) is 1. The van der Waals surface area contributed by atoms with Crippen LogP contribution in [0.5, 0.6) is 5.75 Å². The summed E-state index contributed by atoms with van der Waals surface area (Å²) in [7, 11) is 0. The van der Waals surface area contributed by atoms with Crippen LogP contribution < -0.4 is 15.0 Å². The lowest BCUT2D eigenvalue weighted by atomic mass is 10.1. The summed E-state index contributed by atoms with van der Waals surface area (Å²) in [5, 5.41) is 2.61. The number of nitrogens with zero attached hydrogens (tertiary/aromatic N) is 1. The highest BCUT2D eigenvalue weighted by atomic mass is 32.2. The van der Waals surface area contributed by atoms with Gasteiger partial charge in [0.15, 0.2) is 6.61 Å². The molecule has 7 heteroatoms. The molecule has 2 aliphatic rings. The Balaban J connectivity index is 1.53. The van der Waals surface area contributed by atoms with E-state index in [1.807, 2.05) is 36.4 Å². The predicted octanol–water partition coefficient (Wildman–Crippen LogP) is 3.53. The van der Waals surface area contributed by atoms with Gasteiger partial charge >= 0.3 is 0 Å². The largest absolute Gasteiger partial charge is 0.482 e. The van der Waals surface area contributed by atoms with Crippen LogP contribution in [0.15, 0.2) is 53.4 Å². The fourth-order valence-electron chi connectivity index (χ4n) is 3.21. The van der Waals surface area contributed by atoms with Crippen molar-refractivity contribution >= 4 is 51.9 Å². The normalized spacial score (nSPS) is 17.5. The van der Waals surface area contributed by atoms with Gasteiger partial charge in [0.05, 0.1) is 10.6 Å². The molecule has 1 saturated heterocycles. The summed E-state index contributed by atoms with van der Waals surface area (Å²) < 4.78 is 6.03. The summed E-state index contributed by atoms with van der Waals surface area (Å²) in [6.07, 6.45) is 3.53. The fourth-order valence-corrected chi connectivity index (χ4v) is 4.26. The van der Waals surface area contributed by atoms with Crippen molar-refractivity contribution in [3.8, 4) is 5.75 Å². The van der Waals surface area contributed by atoms with Crippen molar-refractivity contribution in [2.24, 2.45) is 0 Å². The first-order valence-corrected chi connectivity index (χ1v) is 10.2. The Morgan fingerprint density at radius 2 is 2.00 bits per heavy atom. The first kappa shape index (κ1) is 18.7. The molecule has 0 unspecified atom stereocenters. The van der Waals surface area contributed by atoms with Gasteiger partial charge in [-0.05, 0) is 42.2 Å². The van der Waals surface area contributed by atoms with Crippen molar-refractivity contribution in [2.75, 3.05) is 18.1 Å². The summed E-state index contributed by atoms with van der Waals surface area (Å²) in [6.45, 7) is 0.661. The Bertz CT molecular complexity index is 973. The third-order valence-corrected chi connectivity index (χ3v) is 5.72. The molecule has 0 atom stereocenters. The molecule has 4 rings (SSSR count). The Morgan fingerprint density at radius 3 is 2.75 bits per heavy atom. The highest BCUT2D eigenvalue weighted by Crippen LogP contribution is 2.35. The van der Waals surface area contributed by atoms with Crippen LogP contribution in [0, 0.1) is 0 Å². The van der Waals surface area contributed by atoms with E-state index < -0.39 is 0 Å². The summed E-state index contributed by atoms with van der Waals surface area (Å²) in [4.78, 5) is 26.7. The molecule has 0 aromatic heterocycles. The molecule has 2 aromatic carbocycles. The van der Waals surface area contributed by atoms with Crippen LogP contribution in [0.3, 0.4) is 0 Å². The first-order chi connectivity index (χ1) is 13.6. The lowest BCUT2D eigenvalue weighted by Crippen LogP contribution is -2.39. The van der Waals surface area contributed by atoms with Crippen LogP contribution in [0.2, 0.25) is 0 Å². The number of anilines is 1. The van der Waals surface area contributed by atoms with Crippen molar-refractivity contribution in [2.45, 2.75) is 12.8 Å². The van der Waals surface area contributed by atoms with E-state index in [9.17, 15) is 9.59 Å². The molecule has 2 heterocycles. The second-order valence-corrected chi connectivity index (χ2v) is 8.22. The van der Waals surface area contributed by atoms with Gasteiger partial charge in [-0.25, -0.2) is 0 Å². The minimum absolute atomic E-state index is 0.0469. The van der Waals surface area contributed by atoms with Gasteiger partial charge in [0.1, 0.15) is 10.1 Å². The summed E-state index contributed by atoms with van der Waals surface area (Å²) in [5.41, 5.74) is 2.82. The lowest BCUT2D eigenvalue weighted by Gasteiger charge is -2.29. The van der Waals surface area contributed by atoms with E-state index in [0.29, 0.717) is 21.5 Å². The number of thiocarbonyl (C=S) groups is 1. The SMILES string of the molecule is O=C1NC(=S)SC1=Cc1ccc2c(c1)N(CCCc1ccccc1)C(=O)CO2. The maximum atomic E-state index is 12.5. The summed E-state index contributed by atoms with van der Waals surface area (Å²) in [6, 6.07) is 15.8. The van der Waals surface area contributed by atoms with Crippen LogP contribution in [0.25, 0.3) is 6.08 Å². The molecular weight excluding hydrogens is 392 g/mol. The van der Waals surface area contributed by atoms with E-state index in [0.717, 1.165) is 24.1 Å². The van der Waals surface area contributed by atoms with Crippen molar-refractivity contribution < 1.29 is 14.3 Å². The van der Waals surface area contributed by atoms with Crippen molar-refractivity contribution in [3.05, 3.63) is 64.6 Å². The molecule has 28 heavy (non-hydrogen) atoms. The second kappa shape index (κ2) is 8.16. The van der Waals surface area contributed by atoms with Crippen molar-refractivity contribution in [3.63, 3.8) is 0 Å². The Morgan fingerprint density at radius 1 is 1.18 bits per heavy atom. The fraction of sp³-hybridized carbons (Fsp3) is 0.190. The number of amides is 2. The number of rotatable bonds is 5. The lowest BCUT2D eigenvalue weighted by molar-refractivity contribution is -0.121. The van der Waals surface area contributed by atoms with Gasteiger partial charge < -0.3 is 15.0 Å². The topological polar surface area (TPSA) is 58.6 Å². The number of carbonyl (C=O) groups is 2. The third-order valence-electron chi connectivity index (χ3n) is 4.56. The van der Waals surface area contributed by atoms with E-state index in [2.05, 4.69) is 17.4 Å². The number of fused-ring (bicyclic) bond motifs is 1. The molecule has 142 valence electrons. The first-order valence-electron chi connectivity index (χ1n) is 8.96. The smallest absolute Gasteiger partial charge is 0.265 e. The van der Waals surface area contributed by atoms with Crippen molar-refractivity contribution in [1.29, 1.82) is 0 Å². The molecule has 1 N–H and O–H groups in total. The average molecular weight is 411 g/mol. The standard InChI is InChI=1S/C21H18N2O3S2/c24-19-13-26-17-9-8-15(12-18-20(25)22-21(27)28-18)11-16(17)23(19)10-4-7-14-5-2-1-3-6-14/h1-3,5-6,8-9,11-12H,4,7,10,13H2,(H,22,25,27). The van der Waals surface area contributed by atoms with Crippen LogP contribution in [0.4, 0.5) is 5.69 Å². The van der Waals surface area contributed by atoms with Gasteiger partial charge in [-0.1, -0.05) is 60.4 Å². The molecule has 0 spiro atoms. The maximum Gasteiger partial charge on any atom is 0.265 e. The van der Waals surface area contributed by atoms with E-state index >= 15 is 0 Å². The number of ether oxygens (including phenoxy) is 1. The van der Waals surface area contributed by atoms with E-state index in [1.165, 1.54) is 17.3 Å². The highest BCUT2D eigenvalue weighted by molar-refractivity contribution is 8.26. The number of thioether (sulfide) groups is 1. The minimum Gasteiger partial charge on any atom is -0.482 e. The molecule has 0 aliphatic carbocycles. The van der Waals surface area contributed by atoms with Crippen LogP contribution in [-0.2, 0) is 16.0 Å². The second-order valence-electron chi connectivity index (χ2n) is 6.50.